The zero-order chi connectivity index (χ0) is 45.2. The Labute approximate surface area is 369 Å². The number of aryl methyl sites for hydroxylation is 2. The van der Waals surface area contributed by atoms with Gasteiger partial charge in [-0.25, -0.2) is 19.4 Å². The molecule has 0 spiro atoms. The van der Waals surface area contributed by atoms with E-state index in [1.54, 1.807) is 38.6 Å². The van der Waals surface area contributed by atoms with Crippen LogP contribution in [0.15, 0.2) is 87.0 Å². The van der Waals surface area contributed by atoms with Gasteiger partial charge in [0.15, 0.2) is 16.9 Å². The van der Waals surface area contributed by atoms with Gasteiger partial charge in [0, 0.05) is 61.5 Å². The Morgan fingerprint density at radius 2 is 1.56 bits per heavy atom. The highest BCUT2D eigenvalue weighted by atomic mass is 35.5. The average molecular weight is 899 g/mol. The van der Waals surface area contributed by atoms with Crippen molar-refractivity contribution in [2.45, 2.75) is 83.7 Å². The second-order valence-corrected chi connectivity index (χ2v) is 15.1. The Balaban J connectivity index is 0.000000252. The van der Waals surface area contributed by atoms with E-state index in [9.17, 15) is 38.9 Å². The average Bonchev–Trinajstić information content (AvgIpc) is 3.64. The molecule has 0 radical (unpaired) electrons. The van der Waals surface area contributed by atoms with Crippen LogP contribution in [0, 0.1) is 10.1 Å². The summed E-state index contributed by atoms with van der Waals surface area (Å²) in [7, 11) is 7.58. The number of ether oxygens (including phenoxy) is 2. The van der Waals surface area contributed by atoms with Gasteiger partial charge in [0.1, 0.15) is 11.3 Å². The molecule has 2 N–H and O–H groups in total. The van der Waals surface area contributed by atoms with Crippen molar-refractivity contribution in [1.29, 1.82) is 0 Å². The van der Waals surface area contributed by atoms with Crippen molar-refractivity contribution in [3.63, 3.8) is 0 Å². The first kappa shape index (κ1) is 50.4. The third kappa shape index (κ3) is 10.7. The van der Waals surface area contributed by atoms with Gasteiger partial charge in [-0.1, -0.05) is 54.4 Å². The van der Waals surface area contributed by atoms with Crippen LogP contribution in [0.2, 0.25) is 5.02 Å². The second kappa shape index (κ2) is 22.3. The number of ketones is 2. The fourth-order valence-electron chi connectivity index (χ4n) is 7.72. The number of nitrogens with one attached hydrogen (secondary N) is 2. The van der Waals surface area contributed by atoms with Crippen molar-refractivity contribution >= 4 is 64.4 Å². The Kier molecular flexibility index (Phi) is 18.1. The molecule has 0 bridgehead atoms. The largest absolute Gasteiger partial charge is 0.466 e. The Bertz CT molecular complexity index is 2490. The molecule has 17 nitrogen and oxygen atoms in total. The highest BCUT2D eigenvalue weighted by Gasteiger charge is 2.42. The molecule has 4 aromatic rings. The second-order valence-electron chi connectivity index (χ2n) is 14.7. The van der Waals surface area contributed by atoms with Crippen molar-refractivity contribution in [3.05, 3.63) is 125 Å². The van der Waals surface area contributed by atoms with Crippen LogP contribution < -0.4 is 21.9 Å². The summed E-state index contributed by atoms with van der Waals surface area (Å²) in [6.45, 7) is 5.14. The van der Waals surface area contributed by atoms with Crippen LogP contribution >= 0.6 is 24.0 Å². The Hall–Kier alpha value is -5.91. The number of Topliss-reactive ketones (excluding diaryl/α,β-unsaturated/α-hetero) is 2. The quantitative estimate of drug-likeness (QED) is 0.0802. The predicted octanol–water partition coefficient (Wildman–Crippen LogP) is 5.69. The fourth-order valence-corrected chi connectivity index (χ4v) is 8.02. The van der Waals surface area contributed by atoms with Gasteiger partial charge in [0.25, 0.3) is 11.2 Å². The molecule has 334 valence electrons. The van der Waals surface area contributed by atoms with Crippen LogP contribution in [0.4, 0.5) is 5.69 Å². The summed E-state index contributed by atoms with van der Waals surface area (Å²) in [6, 6.07) is 13.6. The molecule has 6 rings (SSSR count). The lowest BCUT2D eigenvalue weighted by Crippen LogP contribution is -2.49. The predicted molar refractivity (Wildman–Crippen MR) is 236 cm³/mol. The molecule has 62 heavy (non-hydrogen) atoms. The first-order valence-electron chi connectivity index (χ1n) is 19.6. The first-order chi connectivity index (χ1) is 29.0. The van der Waals surface area contributed by atoms with Crippen LogP contribution in [0.25, 0.3) is 11.2 Å². The van der Waals surface area contributed by atoms with E-state index < -0.39 is 28.3 Å². The van der Waals surface area contributed by atoms with Gasteiger partial charge in [0.05, 0.1) is 42.5 Å². The standard InChI is InChI=1S/C17H18N2O6.C13H16ClNO.C13H18N4O3.ClH/c1-9-13(16(20)24-3)15(14(10(2)18-9)17(21)25-4)11-7-5-6-8-12(11)19(22)23;1-15-13(9-5-4-8-12(13)16)10-6-2-3-7-11(10)14;1-9(18)6-4-5-7-17-12(19)10-11(14-8-15(10)2)16(3)13(17)20;/h5-8,15,18H,1-4H3;2-3,6-7,15H,4-5,8-9H2,1H3;8H,4-7H2,1-3H3;1H. The Morgan fingerprint density at radius 1 is 0.968 bits per heavy atom. The number of nitro benzene ring substituents is 1. The van der Waals surface area contributed by atoms with Crippen LogP contribution in [0.1, 0.15) is 82.8 Å². The van der Waals surface area contributed by atoms with Crippen molar-refractivity contribution in [2.24, 2.45) is 14.1 Å². The van der Waals surface area contributed by atoms with Crippen molar-refractivity contribution < 1.29 is 33.6 Å². The molecule has 3 heterocycles. The number of nitrogens with zero attached hydrogens (tertiary/aromatic N) is 5. The number of nitro groups is 1. The molecule has 0 saturated heterocycles. The molecule has 0 amide bonds. The summed E-state index contributed by atoms with van der Waals surface area (Å²) in [5.74, 6) is -1.95. The number of rotatable bonds is 11. The van der Waals surface area contributed by atoms with Crippen LogP contribution in [0.5, 0.6) is 0 Å². The van der Waals surface area contributed by atoms with E-state index in [4.69, 9.17) is 21.1 Å². The van der Waals surface area contributed by atoms with E-state index in [0.29, 0.717) is 59.8 Å². The van der Waals surface area contributed by atoms with E-state index in [-0.39, 0.29) is 57.6 Å². The molecule has 1 atom stereocenters. The number of carbonyl (C=O) groups excluding carboxylic acids is 4. The van der Waals surface area contributed by atoms with E-state index in [1.807, 2.05) is 31.3 Å². The molecule has 1 unspecified atom stereocenters. The fraction of sp³-hybridized carbons (Fsp3) is 0.419. The van der Waals surface area contributed by atoms with E-state index in [1.165, 1.54) is 54.8 Å². The monoisotopic (exact) mass is 897 g/mol. The third-order valence-electron chi connectivity index (χ3n) is 10.8. The van der Waals surface area contributed by atoms with Gasteiger partial charge in [-0.2, -0.15) is 0 Å². The number of allylic oxidation sites excluding steroid dienone is 2. The highest BCUT2D eigenvalue weighted by Crippen LogP contribution is 2.42. The number of unbranched alkanes of at least 4 members (excludes halogenated alkanes) is 1. The summed E-state index contributed by atoms with van der Waals surface area (Å²) in [5, 5.41) is 18.3. The number of halogens is 2. The van der Waals surface area contributed by atoms with E-state index in [2.05, 4.69) is 15.6 Å². The normalized spacial score (nSPS) is 16.2. The van der Waals surface area contributed by atoms with Crippen LogP contribution in [-0.4, -0.2) is 68.4 Å². The summed E-state index contributed by atoms with van der Waals surface area (Å²) >= 11 is 6.20. The topological polar surface area (TPSA) is 216 Å². The molecule has 2 aromatic heterocycles. The number of dihydropyridines is 1. The molecule has 1 aliphatic carbocycles. The molecule has 1 saturated carbocycles. The van der Waals surface area contributed by atoms with Gasteiger partial charge < -0.3 is 29.5 Å². The van der Waals surface area contributed by atoms with E-state index >= 15 is 0 Å². The number of carbonyl (C=O) groups is 4. The van der Waals surface area contributed by atoms with Crippen LogP contribution in [0.3, 0.4) is 0 Å². The number of imidazole rings is 1. The number of hydrogen-bond acceptors (Lipinski definition) is 13. The SMILES string of the molecule is CC(=O)CCCCn1c(=O)c2c(ncn2C)n(C)c1=O.CNC1(c2ccccc2Cl)CCCCC1=O.COC(=O)C1=C(C)NC(C)=C(C(=O)OC)C1c1ccccc1[N+](=O)[O-].Cl. The van der Waals surface area contributed by atoms with Gasteiger partial charge >= 0.3 is 17.6 Å². The summed E-state index contributed by atoms with van der Waals surface area (Å²) in [4.78, 5) is 87.2. The third-order valence-corrected chi connectivity index (χ3v) is 11.1. The number of aromatic nitrogens is 4. The summed E-state index contributed by atoms with van der Waals surface area (Å²) in [6.07, 6.45) is 6.84. The van der Waals surface area contributed by atoms with Crippen LogP contribution in [-0.2, 0) is 54.8 Å². The lowest BCUT2D eigenvalue weighted by atomic mass is 9.75. The number of esters is 2. The van der Waals surface area contributed by atoms with Gasteiger partial charge in [-0.05, 0) is 65.1 Å². The van der Waals surface area contributed by atoms with Crippen molar-refractivity contribution in [2.75, 3.05) is 21.3 Å². The first-order valence-corrected chi connectivity index (χ1v) is 20.0. The summed E-state index contributed by atoms with van der Waals surface area (Å²) in [5.41, 5.74) is 1.66. The number of hydrogen-bond donors (Lipinski definition) is 2. The lowest BCUT2D eigenvalue weighted by Gasteiger charge is -2.36. The van der Waals surface area contributed by atoms with Gasteiger partial charge in [0.2, 0.25) is 0 Å². The maximum Gasteiger partial charge on any atom is 0.336 e. The molecule has 1 aliphatic heterocycles. The smallest absolute Gasteiger partial charge is 0.336 e. The number of fused-ring (bicyclic) bond motifs is 1. The molecule has 2 aromatic carbocycles. The lowest BCUT2D eigenvalue weighted by molar-refractivity contribution is -0.385. The number of likely N-dealkylation sites (N-methyl/N-ethyl adjacent to an activating group) is 1. The summed E-state index contributed by atoms with van der Waals surface area (Å²) < 4.78 is 13.9. The zero-order valence-electron chi connectivity index (χ0n) is 36.0. The maximum atomic E-state index is 12.3. The minimum atomic E-state index is -0.970. The molecular formula is C43H53Cl2N7O10. The van der Waals surface area contributed by atoms with Crippen molar-refractivity contribution in [1.82, 2.24) is 29.3 Å². The molecule has 19 heteroatoms. The number of methoxy groups -OCH3 is 2. The van der Waals surface area contributed by atoms with Crippen molar-refractivity contribution in [3.8, 4) is 0 Å². The Morgan fingerprint density at radius 3 is 2.11 bits per heavy atom. The number of benzene rings is 2. The minimum Gasteiger partial charge on any atom is -0.466 e. The van der Waals surface area contributed by atoms with Gasteiger partial charge in [-0.3, -0.25) is 28.8 Å². The van der Waals surface area contributed by atoms with Gasteiger partial charge in [-0.15, -0.1) is 12.4 Å². The molecule has 2 aliphatic rings. The highest BCUT2D eigenvalue weighted by molar-refractivity contribution is 6.31. The minimum absolute atomic E-state index is 0. The maximum absolute atomic E-state index is 12.3. The van der Waals surface area contributed by atoms with E-state index in [0.717, 1.165) is 24.8 Å². The molecular weight excluding hydrogens is 845 g/mol. The number of para-hydroxylation sites is 1. The zero-order valence-corrected chi connectivity index (χ0v) is 37.6. The molecule has 1 fully saturated rings.